The van der Waals surface area contributed by atoms with E-state index >= 15 is 0 Å². The summed E-state index contributed by atoms with van der Waals surface area (Å²) in [7, 11) is 0. The van der Waals surface area contributed by atoms with Crippen LogP contribution < -0.4 is 10.6 Å². The minimum atomic E-state index is -0.192. The monoisotopic (exact) mass is 264 g/mol. The molecule has 1 amide bonds. The lowest BCUT2D eigenvalue weighted by molar-refractivity contribution is -0.123. The Morgan fingerprint density at radius 3 is 2.32 bits per heavy atom. The van der Waals surface area contributed by atoms with E-state index < -0.39 is 0 Å². The third-order valence-corrected chi connectivity index (χ3v) is 3.80. The Bertz CT molecular complexity index is 349. The van der Waals surface area contributed by atoms with E-state index in [-0.39, 0.29) is 11.9 Å². The first-order valence-corrected chi connectivity index (χ1v) is 7.12. The van der Waals surface area contributed by atoms with Gasteiger partial charge in [0.05, 0.1) is 12.6 Å². The van der Waals surface area contributed by atoms with Crippen molar-refractivity contribution in [3.8, 4) is 12.3 Å². The van der Waals surface area contributed by atoms with Crippen molar-refractivity contribution in [2.75, 3.05) is 6.54 Å². The standard InChI is InChI=1S/C16H28N2O/c1-7-8-17-14(19)12(2)18-13-9-15(3,4)11-16(5,6)10-13/h1,12-13,18H,8-11H2,2-6H3,(H,17,19). The van der Waals surface area contributed by atoms with Crippen molar-refractivity contribution in [3.63, 3.8) is 0 Å². The van der Waals surface area contributed by atoms with Crippen molar-refractivity contribution < 1.29 is 4.79 Å². The fraction of sp³-hybridized carbons (Fsp3) is 0.812. The Balaban J connectivity index is 2.56. The van der Waals surface area contributed by atoms with Gasteiger partial charge in [0, 0.05) is 6.04 Å². The van der Waals surface area contributed by atoms with Gasteiger partial charge in [-0.25, -0.2) is 0 Å². The number of carbonyl (C=O) groups excluding carboxylic acids is 1. The molecule has 0 bridgehead atoms. The van der Waals surface area contributed by atoms with Crippen LogP contribution in [-0.2, 0) is 4.79 Å². The Morgan fingerprint density at radius 1 is 1.32 bits per heavy atom. The lowest BCUT2D eigenvalue weighted by Gasteiger charge is -2.45. The van der Waals surface area contributed by atoms with E-state index in [1.807, 2.05) is 6.92 Å². The smallest absolute Gasteiger partial charge is 0.237 e. The molecule has 1 saturated carbocycles. The van der Waals surface area contributed by atoms with Gasteiger partial charge >= 0.3 is 0 Å². The van der Waals surface area contributed by atoms with Gasteiger partial charge in [0.1, 0.15) is 0 Å². The maximum Gasteiger partial charge on any atom is 0.237 e. The third-order valence-electron chi connectivity index (χ3n) is 3.80. The van der Waals surface area contributed by atoms with Crippen LogP contribution in [-0.4, -0.2) is 24.5 Å². The zero-order valence-electron chi connectivity index (χ0n) is 13.0. The maximum absolute atomic E-state index is 11.8. The van der Waals surface area contributed by atoms with E-state index in [1.165, 1.54) is 6.42 Å². The highest BCUT2D eigenvalue weighted by atomic mass is 16.2. The van der Waals surface area contributed by atoms with Gasteiger partial charge in [0.2, 0.25) is 5.91 Å². The van der Waals surface area contributed by atoms with Gasteiger partial charge in [-0.05, 0) is 37.0 Å². The summed E-state index contributed by atoms with van der Waals surface area (Å²) in [5, 5.41) is 6.18. The highest BCUT2D eigenvalue weighted by Gasteiger charge is 2.38. The summed E-state index contributed by atoms with van der Waals surface area (Å²) < 4.78 is 0. The van der Waals surface area contributed by atoms with Crippen LogP contribution in [0.3, 0.4) is 0 Å². The highest BCUT2D eigenvalue weighted by molar-refractivity contribution is 5.81. The van der Waals surface area contributed by atoms with Crippen molar-refractivity contribution in [2.45, 2.75) is 66.0 Å². The summed E-state index contributed by atoms with van der Waals surface area (Å²) in [4.78, 5) is 11.8. The van der Waals surface area contributed by atoms with Crippen LogP contribution in [0.15, 0.2) is 0 Å². The average Bonchev–Trinajstić information content (AvgIpc) is 2.20. The molecule has 0 radical (unpaired) electrons. The molecule has 1 atom stereocenters. The molecule has 1 aliphatic carbocycles. The zero-order chi connectivity index (χ0) is 14.7. The first-order chi connectivity index (χ1) is 8.65. The highest BCUT2D eigenvalue weighted by Crippen LogP contribution is 2.45. The van der Waals surface area contributed by atoms with E-state index in [0.717, 1.165) is 12.8 Å². The second-order valence-electron chi connectivity index (χ2n) is 7.42. The van der Waals surface area contributed by atoms with Crippen molar-refractivity contribution >= 4 is 5.91 Å². The molecular weight excluding hydrogens is 236 g/mol. The van der Waals surface area contributed by atoms with E-state index in [4.69, 9.17) is 6.42 Å². The zero-order valence-corrected chi connectivity index (χ0v) is 13.0. The molecule has 0 aromatic carbocycles. The number of carbonyl (C=O) groups is 1. The molecular formula is C16H28N2O. The van der Waals surface area contributed by atoms with Crippen LogP contribution >= 0.6 is 0 Å². The van der Waals surface area contributed by atoms with Crippen LogP contribution in [0, 0.1) is 23.2 Å². The van der Waals surface area contributed by atoms with Crippen molar-refractivity contribution in [1.29, 1.82) is 0 Å². The Kier molecular flexibility index (Phi) is 5.04. The van der Waals surface area contributed by atoms with Gasteiger partial charge in [-0.1, -0.05) is 33.6 Å². The van der Waals surface area contributed by atoms with Crippen LogP contribution in [0.4, 0.5) is 0 Å². The van der Waals surface area contributed by atoms with Gasteiger partial charge in [0.15, 0.2) is 0 Å². The van der Waals surface area contributed by atoms with E-state index in [2.05, 4.69) is 44.2 Å². The van der Waals surface area contributed by atoms with Crippen molar-refractivity contribution in [1.82, 2.24) is 10.6 Å². The number of rotatable bonds is 4. The van der Waals surface area contributed by atoms with Crippen molar-refractivity contribution in [2.24, 2.45) is 10.8 Å². The molecule has 108 valence electrons. The summed E-state index contributed by atoms with van der Waals surface area (Å²) >= 11 is 0. The van der Waals surface area contributed by atoms with E-state index in [0.29, 0.717) is 23.4 Å². The summed E-state index contributed by atoms with van der Waals surface area (Å²) in [6, 6.07) is 0.202. The fourth-order valence-corrected chi connectivity index (χ4v) is 3.68. The predicted molar refractivity (Wildman–Crippen MR) is 79.6 cm³/mol. The topological polar surface area (TPSA) is 41.1 Å². The summed E-state index contributed by atoms with van der Waals surface area (Å²) in [5.41, 5.74) is 0.656. The first kappa shape index (κ1) is 16.0. The molecule has 1 unspecified atom stereocenters. The number of amides is 1. The van der Waals surface area contributed by atoms with Crippen molar-refractivity contribution in [3.05, 3.63) is 0 Å². The minimum absolute atomic E-state index is 0.0147. The summed E-state index contributed by atoms with van der Waals surface area (Å²) in [5.74, 6) is 2.41. The molecule has 0 aromatic heterocycles. The molecule has 0 spiro atoms. The molecule has 0 aliphatic heterocycles. The summed E-state index contributed by atoms with van der Waals surface area (Å²) in [6.07, 6.45) is 8.61. The number of hydrogen-bond donors (Lipinski definition) is 2. The second kappa shape index (κ2) is 5.96. The third kappa shape index (κ3) is 5.24. The second-order valence-corrected chi connectivity index (χ2v) is 7.42. The Morgan fingerprint density at radius 2 is 1.84 bits per heavy atom. The molecule has 1 aliphatic rings. The lowest BCUT2D eigenvalue weighted by Crippen LogP contribution is -2.51. The predicted octanol–water partition coefficient (Wildman–Crippen LogP) is 2.32. The minimum Gasteiger partial charge on any atom is -0.344 e. The molecule has 3 heteroatoms. The molecule has 1 rings (SSSR count). The Hall–Kier alpha value is -1.01. The number of nitrogens with one attached hydrogen (secondary N) is 2. The maximum atomic E-state index is 11.8. The normalized spacial score (nSPS) is 23.4. The molecule has 0 heterocycles. The van der Waals surface area contributed by atoms with Crippen LogP contribution in [0.1, 0.15) is 53.9 Å². The van der Waals surface area contributed by atoms with Gasteiger partial charge < -0.3 is 10.6 Å². The van der Waals surface area contributed by atoms with Gasteiger partial charge in [-0.3, -0.25) is 4.79 Å². The largest absolute Gasteiger partial charge is 0.344 e. The van der Waals surface area contributed by atoms with Crippen LogP contribution in [0.5, 0.6) is 0 Å². The van der Waals surface area contributed by atoms with Gasteiger partial charge in [0.25, 0.3) is 0 Å². The molecule has 2 N–H and O–H groups in total. The van der Waals surface area contributed by atoms with Gasteiger partial charge in [-0.15, -0.1) is 6.42 Å². The molecule has 1 fully saturated rings. The van der Waals surface area contributed by atoms with E-state index in [1.54, 1.807) is 0 Å². The van der Waals surface area contributed by atoms with Crippen LogP contribution in [0.2, 0.25) is 0 Å². The quantitative estimate of drug-likeness (QED) is 0.765. The molecule has 3 nitrogen and oxygen atoms in total. The lowest BCUT2D eigenvalue weighted by atomic mass is 9.63. The number of hydrogen-bond acceptors (Lipinski definition) is 2. The Labute approximate surface area is 117 Å². The molecule has 0 aromatic rings. The summed E-state index contributed by atoms with van der Waals surface area (Å²) in [6.45, 7) is 11.4. The molecule has 19 heavy (non-hydrogen) atoms. The molecule has 0 saturated heterocycles. The van der Waals surface area contributed by atoms with Crippen LogP contribution in [0.25, 0.3) is 0 Å². The van der Waals surface area contributed by atoms with E-state index in [9.17, 15) is 4.79 Å². The first-order valence-electron chi connectivity index (χ1n) is 7.12. The van der Waals surface area contributed by atoms with Gasteiger partial charge in [-0.2, -0.15) is 0 Å². The number of terminal acetylenes is 1. The SMILES string of the molecule is C#CCNC(=O)C(C)NC1CC(C)(C)CC(C)(C)C1. The average molecular weight is 264 g/mol. The fourth-order valence-electron chi connectivity index (χ4n) is 3.68.